The molecule has 1 aromatic carbocycles. The molecule has 1 unspecified atom stereocenters. The van der Waals surface area contributed by atoms with Gasteiger partial charge in [-0.25, -0.2) is 0 Å². The zero-order valence-electron chi connectivity index (χ0n) is 10.8. The molecule has 4 heteroatoms. The number of rotatable bonds is 6. The zero-order chi connectivity index (χ0) is 13.5. The maximum atomic E-state index is 10.8. The summed E-state index contributed by atoms with van der Waals surface area (Å²) in [6, 6.07) is 9.84. The third-order valence-electron chi connectivity index (χ3n) is 3.02. The second-order valence-corrected chi connectivity index (χ2v) is 4.47. The molecule has 1 N–H and O–H groups in total. The maximum Gasteiger partial charge on any atom is 0.307 e. The smallest absolute Gasteiger partial charge is 0.307 e. The van der Waals surface area contributed by atoms with E-state index in [0.717, 1.165) is 11.1 Å². The van der Waals surface area contributed by atoms with E-state index in [4.69, 9.17) is 10.4 Å². The van der Waals surface area contributed by atoms with Gasteiger partial charge in [-0.1, -0.05) is 24.3 Å². The third-order valence-corrected chi connectivity index (χ3v) is 3.02. The van der Waals surface area contributed by atoms with Gasteiger partial charge < -0.3 is 5.11 Å². The minimum Gasteiger partial charge on any atom is -0.481 e. The van der Waals surface area contributed by atoms with Crippen molar-refractivity contribution in [3.05, 3.63) is 35.4 Å². The van der Waals surface area contributed by atoms with Crippen LogP contribution in [0.4, 0.5) is 0 Å². The van der Waals surface area contributed by atoms with Gasteiger partial charge >= 0.3 is 5.97 Å². The average molecular weight is 246 g/mol. The van der Waals surface area contributed by atoms with Crippen molar-refractivity contribution < 1.29 is 9.90 Å². The van der Waals surface area contributed by atoms with E-state index in [9.17, 15) is 4.79 Å². The van der Waals surface area contributed by atoms with Crippen LogP contribution in [0.3, 0.4) is 0 Å². The molecule has 0 fully saturated rings. The van der Waals surface area contributed by atoms with Gasteiger partial charge in [0.2, 0.25) is 0 Å². The molecular weight excluding hydrogens is 228 g/mol. The van der Waals surface area contributed by atoms with Gasteiger partial charge in [0.1, 0.15) is 0 Å². The summed E-state index contributed by atoms with van der Waals surface area (Å²) in [5.41, 5.74) is 1.84. The molecule has 0 radical (unpaired) electrons. The van der Waals surface area contributed by atoms with Gasteiger partial charge in [0.05, 0.1) is 18.9 Å². The highest BCUT2D eigenvalue weighted by atomic mass is 16.4. The normalized spacial score (nSPS) is 12.1. The molecule has 0 bridgehead atoms. The quantitative estimate of drug-likeness (QED) is 0.834. The fourth-order valence-corrected chi connectivity index (χ4v) is 1.76. The molecule has 4 nitrogen and oxygen atoms in total. The Bertz CT molecular complexity index is 451. The van der Waals surface area contributed by atoms with E-state index in [1.807, 2.05) is 38.2 Å². The van der Waals surface area contributed by atoms with Crippen LogP contribution in [0.5, 0.6) is 0 Å². The van der Waals surface area contributed by atoms with Crippen molar-refractivity contribution in [1.82, 2.24) is 4.90 Å². The Hall–Kier alpha value is -1.86. The Morgan fingerprint density at radius 1 is 1.44 bits per heavy atom. The summed E-state index contributed by atoms with van der Waals surface area (Å²) in [4.78, 5) is 12.8. The van der Waals surface area contributed by atoms with Crippen LogP contribution in [0, 0.1) is 11.3 Å². The van der Waals surface area contributed by atoms with Crippen LogP contribution in [0.2, 0.25) is 0 Å². The van der Waals surface area contributed by atoms with Crippen molar-refractivity contribution in [1.29, 1.82) is 5.26 Å². The second kappa shape index (κ2) is 6.77. The number of carboxylic acid groups (broad SMARTS) is 1. The van der Waals surface area contributed by atoms with Crippen molar-refractivity contribution in [2.24, 2.45) is 0 Å². The first-order chi connectivity index (χ1) is 8.54. The van der Waals surface area contributed by atoms with Crippen molar-refractivity contribution in [3.63, 3.8) is 0 Å². The summed E-state index contributed by atoms with van der Waals surface area (Å²) in [6.45, 7) is 2.65. The summed E-state index contributed by atoms with van der Waals surface area (Å²) in [5, 5.41) is 17.5. The number of hydrogen-bond donors (Lipinski definition) is 1. The molecule has 0 amide bonds. The number of hydrogen-bond acceptors (Lipinski definition) is 3. The highest BCUT2D eigenvalue weighted by molar-refractivity contribution is 5.70. The number of carbonyl (C=O) groups is 1. The van der Waals surface area contributed by atoms with E-state index in [1.54, 1.807) is 0 Å². The lowest BCUT2D eigenvalue weighted by molar-refractivity contribution is -0.136. The number of nitriles is 1. The summed E-state index contributed by atoms with van der Waals surface area (Å²) in [5.74, 6) is -0.824. The number of nitrogens with zero attached hydrogens (tertiary/aromatic N) is 2. The van der Waals surface area contributed by atoms with Gasteiger partial charge in [-0.15, -0.1) is 0 Å². The van der Waals surface area contributed by atoms with Gasteiger partial charge in [0.25, 0.3) is 0 Å². The van der Waals surface area contributed by atoms with Crippen LogP contribution in [-0.2, 0) is 17.8 Å². The van der Waals surface area contributed by atoms with E-state index in [0.29, 0.717) is 13.0 Å². The van der Waals surface area contributed by atoms with Crippen molar-refractivity contribution in [3.8, 4) is 6.07 Å². The van der Waals surface area contributed by atoms with E-state index in [-0.39, 0.29) is 12.5 Å². The lowest BCUT2D eigenvalue weighted by atomic mass is 10.0. The third kappa shape index (κ3) is 4.19. The Labute approximate surface area is 107 Å². The standard InChI is InChI=1S/C14H18N2O2/c1-11(7-8-15)16(2)10-13-6-4-3-5-12(13)9-14(17)18/h3-6,11H,7,9-10H2,1-2H3,(H,17,18). The summed E-state index contributed by atoms with van der Waals surface area (Å²) in [7, 11) is 1.94. The van der Waals surface area contributed by atoms with Gasteiger partial charge in [0, 0.05) is 12.6 Å². The van der Waals surface area contributed by atoms with Gasteiger partial charge in [-0.2, -0.15) is 5.26 Å². The van der Waals surface area contributed by atoms with E-state index in [2.05, 4.69) is 11.0 Å². The predicted molar refractivity (Wildman–Crippen MR) is 68.9 cm³/mol. The Kier molecular flexibility index (Phi) is 5.34. The minimum absolute atomic E-state index is 0.0383. The molecule has 0 aliphatic carbocycles. The fraction of sp³-hybridized carbons (Fsp3) is 0.429. The van der Waals surface area contributed by atoms with E-state index >= 15 is 0 Å². The van der Waals surface area contributed by atoms with Crippen LogP contribution < -0.4 is 0 Å². The van der Waals surface area contributed by atoms with Crippen LogP contribution in [-0.4, -0.2) is 29.1 Å². The molecule has 0 aromatic heterocycles. The molecule has 1 atom stereocenters. The van der Waals surface area contributed by atoms with E-state index in [1.165, 1.54) is 0 Å². The highest BCUT2D eigenvalue weighted by Gasteiger charge is 2.12. The molecular formula is C14H18N2O2. The van der Waals surface area contributed by atoms with Gasteiger partial charge in [-0.05, 0) is 25.1 Å². The molecule has 0 spiro atoms. The lowest BCUT2D eigenvalue weighted by Gasteiger charge is -2.23. The molecule has 0 aliphatic rings. The summed E-state index contributed by atoms with van der Waals surface area (Å²) in [6.07, 6.45) is 0.508. The highest BCUT2D eigenvalue weighted by Crippen LogP contribution is 2.14. The topological polar surface area (TPSA) is 64.3 Å². The zero-order valence-corrected chi connectivity index (χ0v) is 10.8. The molecule has 18 heavy (non-hydrogen) atoms. The van der Waals surface area contributed by atoms with E-state index < -0.39 is 5.97 Å². The first-order valence-electron chi connectivity index (χ1n) is 5.90. The molecule has 0 saturated heterocycles. The number of carboxylic acids is 1. The van der Waals surface area contributed by atoms with Gasteiger partial charge in [0.15, 0.2) is 0 Å². The number of aliphatic carboxylic acids is 1. The Morgan fingerprint density at radius 3 is 2.61 bits per heavy atom. The predicted octanol–water partition coefficient (Wildman–Crippen LogP) is 2.05. The second-order valence-electron chi connectivity index (χ2n) is 4.47. The van der Waals surface area contributed by atoms with Crippen LogP contribution >= 0.6 is 0 Å². The minimum atomic E-state index is -0.824. The molecule has 0 saturated carbocycles. The van der Waals surface area contributed by atoms with Crippen molar-refractivity contribution >= 4 is 5.97 Å². The Morgan fingerprint density at radius 2 is 2.06 bits per heavy atom. The van der Waals surface area contributed by atoms with Crippen LogP contribution in [0.25, 0.3) is 0 Å². The molecule has 1 rings (SSSR count). The fourth-order valence-electron chi connectivity index (χ4n) is 1.76. The molecule has 0 aliphatic heterocycles. The molecule has 96 valence electrons. The largest absolute Gasteiger partial charge is 0.481 e. The van der Waals surface area contributed by atoms with Crippen molar-refractivity contribution in [2.75, 3.05) is 7.05 Å². The van der Waals surface area contributed by atoms with Crippen LogP contribution in [0.15, 0.2) is 24.3 Å². The molecule has 0 heterocycles. The monoisotopic (exact) mass is 246 g/mol. The summed E-state index contributed by atoms with van der Waals surface area (Å²) >= 11 is 0. The summed E-state index contributed by atoms with van der Waals surface area (Å²) < 4.78 is 0. The maximum absolute atomic E-state index is 10.8. The first-order valence-corrected chi connectivity index (χ1v) is 5.90. The van der Waals surface area contributed by atoms with Gasteiger partial charge in [-0.3, -0.25) is 9.69 Å². The Balaban J connectivity index is 2.77. The lowest BCUT2D eigenvalue weighted by Crippen LogP contribution is -2.28. The first kappa shape index (κ1) is 14.2. The van der Waals surface area contributed by atoms with Crippen molar-refractivity contribution in [2.45, 2.75) is 32.4 Å². The SMILES string of the molecule is CC(CC#N)N(C)Cc1ccccc1CC(=O)O. The van der Waals surface area contributed by atoms with Crippen LogP contribution in [0.1, 0.15) is 24.5 Å². The number of benzene rings is 1. The average Bonchev–Trinajstić information content (AvgIpc) is 2.31. The molecule has 1 aromatic rings.